The first-order valence-corrected chi connectivity index (χ1v) is 20.1. The molecule has 4 unspecified atom stereocenters. The van der Waals surface area contributed by atoms with Crippen molar-refractivity contribution in [2.24, 2.45) is 0 Å². The number of aromatic nitrogens is 1. The van der Waals surface area contributed by atoms with E-state index in [2.05, 4.69) is 227 Å². The SMILES string of the molecule is C1=CC2C(C=C1c1ccc3c(c1)C1C=C(c4ccc5c6ccccc6n(-c6ccccc6)c5c4)C=CC1N3c1ccccc1)c1ccccc1N2c1ccccc1. The quantitative estimate of drug-likeness (QED) is 0.175. The standard InChI is InChI=1S/C54H39N3/c1-4-14-40(15-5-1)55-50-23-13-11-21-44(50)46-32-36(25-29-51(46)55)37-26-30-52-47(33-37)48-34-38(27-31-53(48)56(52)41-16-6-2-7-17-41)39-24-28-45-43-20-10-12-22-49(43)57(54(45)35-39)42-18-8-3-9-19-42/h1-35,46,48,51,53H. The molecule has 4 aliphatic rings. The molecular formula is C54H39N3. The summed E-state index contributed by atoms with van der Waals surface area (Å²) in [4.78, 5) is 5.04. The Morgan fingerprint density at radius 2 is 0.877 bits per heavy atom. The fraction of sp³-hybridized carbons (Fsp3) is 0.0741. The second kappa shape index (κ2) is 12.7. The highest BCUT2D eigenvalue weighted by molar-refractivity contribution is 6.10. The van der Waals surface area contributed by atoms with E-state index in [1.807, 2.05) is 0 Å². The Morgan fingerprint density at radius 1 is 0.368 bits per heavy atom. The predicted octanol–water partition coefficient (Wildman–Crippen LogP) is 13.3. The zero-order chi connectivity index (χ0) is 37.5. The zero-order valence-corrected chi connectivity index (χ0v) is 31.4. The smallest absolute Gasteiger partial charge is 0.0630 e. The van der Waals surface area contributed by atoms with Crippen LogP contribution in [0.5, 0.6) is 0 Å². The molecular weight excluding hydrogens is 691 g/mol. The minimum absolute atomic E-state index is 0.183. The van der Waals surface area contributed by atoms with Gasteiger partial charge in [0.25, 0.3) is 0 Å². The fourth-order valence-corrected chi connectivity index (χ4v) is 10.1. The largest absolute Gasteiger partial charge is 0.333 e. The summed E-state index contributed by atoms with van der Waals surface area (Å²) < 4.78 is 2.41. The van der Waals surface area contributed by atoms with Crippen LogP contribution >= 0.6 is 0 Å². The predicted molar refractivity (Wildman–Crippen MR) is 238 cm³/mol. The number of nitrogens with zero attached hydrogens (tertiary/aromatic N) is 3. The molecule has 2 aliphatic heterocycles. The van der Waals surface area contributed by atoms with Crippen molar-refractivity contribution in [2.75, 3.05) is 9.80 Å². The van der Waals surface area contributed by atoms with Crippen LogP contribution in [0.1, 0.15) is 34.1 Å². The average molecular weight is 730 g/mol. The molecule has 0 saturated heterocycles. The number of benzene rings is 7. The lowest BCUT2D eigenvalue weighted by Gasteiger charge is -2.30. The maximum Gasteiger partial charge on any atom is 0.0630 e. The van der Waals surface area contributed by atoms with Crippen molar-refractivity contribution in [3.8, 4) is 5.69 Å². The summed E-state index contributed by atoms with van der Waals surface area (Å²) in [7, 11) is 0. The van der Waals surface area contributed by atoms with E-state index in [0.717, 1.165) is 0 Å². The molecule has 2 aliphatic carbocycles. The van der Waals surface area contributed by atoms with Crippen molar-refractivity contribution in [3.05, 3.63) is 235 Å². The van der Waals surface area contributed by atoms with Crippen LogP contribution in [0.3, 0.4) is 0 Å². The number of anilines is 4. The normalized spacial score (nSPS) is 20.3. The fourth-order valence-electron chi connectivity index (χ4n) is 10.1. The Balaban J connectivity index is 0.962. The lowest BCUT2D eigenvalue weighted by atomic mass is 9.83. The number of fused-ring (bicyclic) bond motifs is 9. The Morgan fingerprint density at radius 3 is 1.56 bits per heavy atom. The molecule has 1 aromatic heterocycles. The molecule has 57 heavy (non-hydrogen) atoms. The topological polar surface area (TPSA) is 11.4 Å². The molecule has 7 aromatic carbocycles. The van der Waals surface area contributed by atoms with Crippen LogP contribution in [0.25, 0.3) is 38.6 Å². The molecule has 0 spiro atoms. The van der Waals surface area contributed by atoms with E-state index < -0.39 is 0 Å². The summed E-state index contributed by atoms with van der Waals surface area (Å²) in [5.74, 6) is 0.464. The van der Waals surface area contributed by atoms with Gasteiger partial charge in [-0.05, 0) is 100 Å². The van der Waals surface area contributed by atoms with E-state index in [0.29, 0.717) is 0 Å². The summed E-state index contributed by atoms with van der Waals surface area (Å²) in [5, 5.41) is 2.55. The van der Waals surface area contributed by atoms with Gasteiger partial charge in [0.15, 0.2) is 0 Å². The van der Waals surface area contributed by atoms with E-state index >= 15 is 0 Å². The van der Waals surface area contributed by atoms with Gasteiger partial charge in [-0.3, -0.25) is 0 Å². The van der Waals surface area contributed by atoms with Gasteiger partial charge in [-0.1, -0.05) is 146 Å². The molecule has 0 bridgehead atoms. The molecule has 0 fully saturated rings. The minimum Gasteiger partial charge on any atom is -0.333 e. The number of hydrogen-bond acceptors (Lipinski definition) is 2. The number of para-hydroxylation sites is 5. The van der Waals surface area contributed by atoms with Gasteiger partial charge in [0.1, 0.15) is 0 Å². The van der Waals surface area contributed by atoms with E-state index in [1.165, 1.54) is 83.6 Å². The van der Waals surface area contributed by atoms with Gasteiger partial charge in [0.2, 0.25) is 0 Å². The molecule has 3 nitrogen and oxygen atoms in total. The third kappa shape index (κ3) is 4.98. The highest BCUT2D eigenvalue weighted by Gasteiger charge is 2.40. The average Bonchev–Trinajstić information content (AvgIpc) is 3.92. The first-order valence-electron chi connectivity index (χ1n) is 20.1. The van der Waals surface area contributed by atoms with Gasteiger partial charge in [-0.2, -0.15) is 0 Å². The summed E-state index contributed by atoms with van der Waals surface area (Å²) in [6, 6.07) is 64.8. The Hall–Kier alpha value is -7.10. The van der Waals surface area contributed by atoms with Crippen molar-refractivity contribution in [1.29, 1.82) is 0 Å². The van der Waals surface area contributed by atoms with Gasteiger partial charge < -0.3 is 14.4 Å². The highest BCUT2D eigenvalue weighted by Crippen LogP contribution is 2.52. The third-order valence-corrected chi connectivity index (χ3v) is 12.6. The van der Waals surface area contributed by atoms with E-state index in [9.17, 15) is 0 Å². The number of rotatable bonds is 5. The van der Waals surface area contributed by atoms with E-state index in [-0.39, 0.29) is 23.9 Å². The highest BCUT2D eigenvalue weighted by atomic mass is 15.2. The summed E-state index contributed by atoms with van der Waals surface area (Å²) in [5.41, 5.74) is 16.5. The maximum atomic E-state index is 2.54. The summed E-state index contributed by atoms with van der Waals surface area (Å²) in [6.07, 6.45) is 14.6. The van der Waals surface area contributed by atoms with E-state index in [1.54, 1.807) is 0 Å². The maximum absolute atomic E-state index is 2.54. The molecule has 8 aromatic rings. The number of hydrogen-bond donors (Lipinski definition) is 0. The molecule has 0 amide bonds. The third-order valence-electron chi connectivity index (χ3n) is 12.6. The van der Waals surface area contributed by atoms with Gasteiger partial charge in [0.05, 0.1) is 23.1 Å². The minimum atomic E-state index is 0.183. The first-order chi connectivity index (χ1) is 28.3. The van der Waals surface area contributed by atoms with Crippen LogP contribution in [0.2, 0.25) is 0 Å². The van der Waals surface area contributed by atoms with E-state index in [4.69, 9.17) is 0 Å². The molecule has 3 heterocycles. The summed E-state index contributed by atoms with van der Waals surface area (Å²) >= 11 is 0. The van der Waals surface area contributed by atoms with Crippen LogP contribution in [0, 0.1) is 0 Å². The lowest BCUT2D eigenvalue weighted by molar-refractivity contribution is 0.745. The van der Waals surface area contributed by atoms with Crippen molar-refractivity contribution in [1.82, 2.24) is 4.57 Å². The Kier molecular flexibility index (Phi) is 7.18. The molecule has 0 N–H and O–H groups in total. The Bertz CT molecular complexity index is 2990. The first kappa shape index (κ1) is 32.2. The van der Waals surface area contributed by atoms with Gasteiger partial charge >= 0.3 is 0 Å². The van der Waals surface area contributed by atoms with Crippen molar-refractivity contribution < 1.29 is 0 Å². The van der Waals surface area contributed by atoms with Gasteiger partial charge in [-0.25, -0.2) is 0 Å². The van der Waals surface area contributed by atoms with Crippen LogP contribution in [0.4, 0.5) is 22.7 Å². The van der Waals surface area contributed by atoms with Crippen LogP contribution in [-0.2, 0) is 0 Å². The molecule has 270 valence electrons. The Labute approximate surface area is 333 Å². The zero-order valence-electron chi connectivity index (χ0n) is 31.4. The van der Waals surface area contributed by atoms with Gasteiger partial charge in [0, 0.05) is 51.0 Å². The van der Waals surface area contributed by atoms with Crippen molar-refractivity contribution in [2.45, 2.75) is 23.9 Å². The second-order valence-corrected chi connectivity index (χ2v) is 15.7. The molecule has 12 rings (SSSR count). The molecule has 3 heteroatoms. The van der Waals surface area contributed by atoms with Crippen LogP contribution < -0.4 is 9.80 Å². The van der Waals surface area contributed by atoms with Crippen LogP contribution in [-0.4, -0.2) is 16.7 Å². The van der Waals surface area contributed by atoms with Gasteiger partial charge in [-0.15, -0.1) is 0 Å². The van der Waals surface area contributed by atoms with Crippen LogP contribution in [0.15, 0.2) is 212 Å². The summed E-state index contributed by atoms with van der Waals surface area (Å²) in [6.45, 7) is 0. The lowest BCUT2D eigenvalue weighted by Crippen LogP contribution is -2.28. The number of allylic oxidation sites excluding steroid dienone is 4. The van der Waals surface area contributed by atoms with Crippen molar-refractivity contribution >= 4 is 55.7 Å². The second-order valence-electron chi connectivity index (χ2n) is 15.7. The molecule has 0 radical (unpaired) electrons. The molecule has 0 saturated carbocycles. The van der Waals surface area contributed by atoms with Crippen molar-refractivity contribution in [3.63, 3.8) is 0 Å². The monoisotopic (exact) mass is 729 g/mol. The molecule has 4 atom stereocenters.